The van der Waals surface area contributed by atoms with Gasteiger partial charge in [0, 0.05) is 25.2 Å². The van der Waals surface area contributed by atoms with Crippen LogP contribution in [0.5, 0.6) is 5.75 Å². The number of hydrogen-bond donors (Lipinski definition) is 1. The topological polar surface area (TPSA) is 40.2 Å². The van der Waals surface area contributed by atoms with E-state index in [9.17, 15) is 0 Å². The Labute approximate surface area is 89.4 Å². The predicted octanol–water partition coefficient (Wildman–Crippen LogP) is 1.95. The van der Waals surface area contributed by atoms with Gasteiger partial charge in [-0.3, -0.25) is 0 Å². The van der Waals surface area contributed by atoms with Gasteiger partial charge in [-0.05, 0) is 24.1 Å². The molecule has 80 valence electrons. The summed E-state index contributed by atoms with van der Waals surface area (Å²) in [6.07, 6.45) is 2.07. The number of nitrogens with zero attached hydrogens (tertiary/aromatic N) is 1. The SMILES string of the molecule is COc1ccc(C)c2c1c(CN)cn2C. The van der Waals surface area contributed by atoms with E-state index in [4.69, 9.17) is 10.5 Å². The Morgan fingerprint density at radius 2 is 2.13 bits per heavy atom. The van der Waals surface area contributed by atoms with Gasteiger partial charge < -0.3 is 15.0 Å². The molecule has 0 saturated heterocycles. The lowest BCUT2D eigenvalue weighted by Crippen LogP contribution is -1.95. The molecule has 15 heavy (non-hydrogen) atoms. The van der Waals surface area contributed by atoms with Crippen molar-refractivity contribution in [3.05, 3.63) is 29.5 Å². The van der Waals surface area contributed by atoms with Crippen LogP contribution in [0.4, 0.5) is 0 Å². The van der Waals surface area contributed by atoms with Gasteiger partial charge in [-0.15, -0.1) is 0 Å². The molecule has 3 heteroatoms. The van der Waals surface area contributed by atoms with Crippen LogP contribution in [0.25, 0.3) is 10.9 Å². The third-order valence-electron chi connectivity index (χ3n) is 2.80. The average Bonchev–Trinajstić information content (AvgIpc) is 2.58. The van der Waals surface area contributed by atoms with E-state index < -0.39 is 0 Å². The summed E-state index contributed by atoms with van der Waals surface area (Å²) in [5.74, 6) is 0.900. The van der Waals surface area contributed by atoms with Gasteiger partial charge in [0.05, 0.1) is 12.6 Å². The van der Waals surface area contributed by atoms with Crippen molar-refractivity contribution >= 4 is 10.9 Å². The Balaban J connectivity index is 2.90. The second-order valence-electron chi connectivity index (χ2n) is 3.78. The number of fused-ring (bicyclic) bond motifs is 1. The van der Waals surface area contributed by atoms with Crippen LogP contribution in [0.2, 0.25) is 0 Å². The summed E-state index contributed by atoms with van der Waals surface area (Å²) >= 11 is 0. The molecule has 2 aromatic rings. The van der Waals surface area contributed by atoms with E-state index in [-0.39, 0.29) is 0 Å². The van der Waals surface area contributed by atoms with Gasteiger partial charge in [-0.2, -0.15) is 0 Å². The van der Waals surface area contributed by atoms with E-state index >= 15 is 0 Å². The van der Waals surface area contributed by atoms with E-state index in [0.717, 1.165) is 16.7 Å². The molecule has 0 atom stereocenters. The zero-order valence-corrected chi connectivity index (χ0v) is 9.37. The van der Waals surface area contributed by atoms with Gasteiger partial charge in [-0.25, -0.2) is 0 Å². The number of methoxy groups -OCH3 is 1. The number of hydrogen-bond acceptors (Lipinski definition) is 2. The lowest BCUT2D eigenvalue weighted by molar-refractivity contribution is 0.419. The first-order valence-corrected chi connectivity index (χ1v) is 5.00. The number of ether oxygens (including phenoxy) is 1. The second-order valence-corrected chi connectivity index (χ2v) is 3.78. The van der Waals surface area contributed by atoms with Crippen LogP contribution in [0, 0.1) is 6.92 Å². The molecule has 0 fully saturated rings. The molecule has 2 N–H and O–H groups in total. The Bertz CT molecular complexity index is 500. The van der Waals surface area contributed by atoms with Crippen LogP contribution in [-0.2, 0) is 13.6 Å². The number of rotatable bonds is 2. The molecule has 1 aromatic heterocycles. The summed E-state index contributed by atoms with van der Waals surface area (Å²) in [4.78, 5) is 0. The summed E-state index contributed by atoms with van der Waals surface area (Å²) in [6.45, 7) is 2.64. The Morgan fingerprint density at radius 3 is 2.73 bits per heavy atom. The van der Waals surface area contributed by atoms with E-state index in [1.165, 1.54) is 11.1 Å². The highest BCUT2D eigenvalue weighted by molar-refractivity contribution is 5.92. The molecule has 0 saturated carbocycles. The summed E-state index contributed by atoms with van der Waals surface area (Å²) in [5, 5.41) is 1.14. The molecule has 2 rings (SSSR count). The van der Waals surface area contributed by atoms with Crippen molar-refractivity contribution in [2.24, 2.45) is 12.8 Å². The molecule has 0 amide bonds. The maximum absolute atomic E-state index is 5.73. The minimum Gasteiger partial charge on any atom is -0.496 e. The fourth-order valence-electron chi connectivity index (χ4n) is 2.13. The largest absolute Gasteiger partial charge is 0.496 e. The first kappa shape index (κ1) is 10.1. The van der Waals surface area contributed by atoms with Crippen molar-refractivity contribution in [2.75, 3.05) is 7.11 Å². The monoisotopic (exact) mass is 204 g/mol. The van der Waals surface area contributed by atoms with Crippen molar-refractivity contribution < 1.29 is 4.74 Å². The zero-order valence-electron chi connectivity index (χ0n) is 9.37. The first-order chi connectivity index (χ1) is 7.19. The van der Waals surface area contributed by atoms with Crippen LogP contribution in [0.3, 0.4) is 0 Å². The Kier molecular flexibility index (Phi) is 2.40. The van der Waals surface area contributed by atoms with Gasteiger partial charge in [0.2, 0.25) is 0 Å². The highest BCUT2D eigenvalue weighted by Crippen LogP contribution is 2.32. The number of nitrogens with two attached hydrogens (primary N) is 1. The number of aromatic nitrogens is 1. The molecule has 0 spiro atoms. The third-order valence-corrected chi connectivity index (χ3v) is 2.80. The fraction of sp³-hybridized carbons (Fsp3) is 0.333. The second kappa shape index (κ2) is 3.59. The summed E-state index contributed by atoms with van der Waals surface area (Å²) in [6, 6.07) is 4.07. The summed E-state index contributed by atoms with van der Waals surface area (Å²) < 4.78 is 7.48. The van der Waals surface area contributed by atoms with Crippen LogP contribution in [-0.4, -0.2) is 11.7 Å². The summed E-state index contributed by atoms with van der Waals surface area (Å²) in [5.41, 5.74) is 9.31. The van der Waals surface area contributed by atoms with Crippen molar-refractivity contribution in [3.63, 3.8) is 0 Å². The Hall–Kier alpha value is -1.48. The minimum absolute atomic E-state index is 0.539. The van der Waals surface area contributed by atoms with E-state index in [0.29, 0.717) is 6.54 Å². The predicted molar refractivity (Wildman–Crippen MR) is 62.1 cm³/mol. The molecule has 0 bridgehead atoms. The molecule has 0 radical (unpaired) electrons. The van der Waals surface area contributed by atoms with Crippen LogP contribution in [0.15, 0.2) is 18.3 Å². The van der Waals surface area contributed by atoms with E-state index in [1.54, 1.807) is 7.11 Å². The lowest BCUT2D eigenvalue weighted by atomic mass is 10.1. The van der Waals surface area contributed by atoms with Crippen molar-refractivity contribution in [1.29, 1.82) is 0 Å². The Morgan fingerprint density at radius 1 is 1.40 bits per heavy atom. The van der Waals surface area contributed by atoms with Crippen LogP contribution < -0.4 is 10.5 Å². The average molecular weight is 204 g/mol. The maximum Gasteiger partial charge on any atom is 0.128 e. The fourth-order valence-corrected chi connectivity index (χ4v) is 2.13. The van der Waals surface area contributed by atoms with E-state index in [2.05, 4.69) is 23.8 Å². The zero-order chi connectivity index (χ0) is 11.0. The molecule has 0 aliphatic rings. The first-order valence-electron chi connectivity index (χ1n) is 5.00. The van der Waals surface area contributed by atoms with Gasteiger partial charge in [-0.1, -0.05) is 6.07 Å². The molecular formula is C12H16N2O. The van der Waals surface area contributed by atoms with Gasteiger partial charge in [0.15, 0.2) is 0 Å². The summed E-state index contributed by atoms with van der Waals surface area (Å²) in [7, 11) is 3.73. The normalized spacial score (nSPS) is 10.9. The van der Waals surface area contributed by atoms with Gasteiger partial charge in [0.1, 0.15) is 5.75 Å². The maximum atomic E-state index is 5.73. The molecule has 0 unspecified atom stereocenters. The van der Waals surface area contributed by atoms with Crippen molar-refractivity contribution in [1.82, 2.24) is 4.57 Å². The van der Waals surface area contributed by atoms with Crippen molar-refractivity contribution in [2.45, 2.75) is 13.5 Å². The number of benzene rings is 1. The molecule has 0 aliphatic carbocycles. The third kappa shape index (κ3) is 1.39. The highest BCUT2D eigenvalue weighted by atomic mass is 16.5. The van der Waals surface area contributed by atoms with E-state index in [1.807, 2.05) is 13.1 Å². The minimum atomic E-state index is 0.539. The van der Waals surface area contributed by atoms with Crippen molar-refractivity contribution in [3.8, 4) is 5.75 Å². The van der Waals surface area contributed by atoms with Gasteiger partial charge >= 0.3 is 0 Å². The van der Waals surface area contributed by atoms with Crippen LogP contribution in [0.1, 0.15) is 11.1 Å². The highest BCUT2D eigenvalue weighted by Gasteiger charge is 2.12. The van der Waals surface area contributed by atoms with Crippen LogP contribution >= 0.6 is 0 Å². The molecule has 1 aromatic carbocycles. The molecule has 3 nitrogen and oxygen atoms in total. The molecule has 1 heterocycles. The molecule has 0 aliphatic heterocycles. The smallest absolute Gasteiger partial charge is 0.128 e. The number of aryl methyl sites for hydroxylation is 2. The van der Waals surface area contributed by atoms with Gasteiger partial charge in [0.25, 0.3) is 0 Å². The lowest BCUT2D eigenvalue weighted by Gasteiger charge is -2.06. The molecular weight excluding hydrogens is 188 g/mol. The quantitative estimate of drug-likeness (QED) is 0.812. The standard InChI is InChI=1S/C12H16N2O/c1-8-4-5-10(15-3)11-9(6-13)7-14(2)12(8)11/h4-5,7H,6,13H2,1-3H3.